The van der Waals surface area contributed by atoms with E-state index in [0.29, 0.717) is 0 Å². The summed E-state index contributed by atoms with van der Waals surface area (Å²) in [6.45, 7) is 4.78. The fourth-order valence-corrected chi connectivity index (χ4v) is 1.25. The van der Waals surface area contributed by atoms with E-state index < -0.39 is 35.5 Å². The molecule has 1 atom stereocenters. The second-order valence-corrected chi connectivity index (χ2v) is 5.21. The molecule has 112 valence electrons. The summed E-state index contributed by atoms with van der Waals surface area (Å²) in [5.41, 5.74) is -0.636. The first-order chi connectivity index (χ1) is 9.20. The molecule has 1 aliphatic heterocycles. The molecule has 8 heteroatoms. The van der Waals surface area contributed by atoms with E-state index in [1.807, 2.05) is 5.32 Å². The molecular formula is C12H17NO7. The summed E-state index contributed by atoms with van der Waals surface area (Å²) in [7, 11) is 0. The number of nitrogens with one attached hydrogen (secondary N) is 1. The van der Waals surface area contributed by atoms with Gasteiger partial charge in [0.1, 0.15) is 13.2 Å². The molecule has 2 amide bonds. The number of esters is 1. The Morgan fingerprint density at radius 1 is 1.20 bits per heavy atom. The largest absolute Gasteiger partial charge is 0.509 e. The highest BCUT2D eigenvalue weighted by atomic mass is 16.7. The molecule has 0 aromatic rings. The van der Waals surface area contributed by atoms with Gasteiger partial charge in [-0.15, -0.1) is 0 Å². The van der Waals surface area contributed by atoms with Gasteiger partial charge in [-0.3, -0.25) is 19.7 Å². The highest BCUT2D eigenvalue weighted by Crippen LogP contribution is 2.14. The number of rotatable bonds is 4. The average molecular weight is 287 g/mol. The molecule has 0 radical (unpaired) electrons. The topological polar surface area (TPSA) is 108 Å². The van der Waals surface area contributed by atoms with Gasteiger partial charge in [-0.2, -0.15) is 0 Å². The Bertz CT molecular complexity index is 424. The molecule has 0 saturated carbocycles. The predicted octanol–water partition coefficient (Wildman–Crippen LogP) is 0.144. The first-order valence-corrected chi connectivity index (χ1v) is 6.04. The van der Waals surface area contributed by atoms with Crippen molar-refractivity contribution in [3.05, 3.63) is 0 Å². The third-order valence-electron chi connectivity index (χ3n) is 2.31. The van der Waals surface area contributed by atoms with Gasteiger partial charge in [0.05, 0.1) is 11.8 Å². The van der Waals surface area contributed by atoms with E-state index >= 15 is 0 Å². The Morgan fingerprint density at radius 3 is 2.30 bits per heavy atom. The summed E-state index contributed by atoms with van der Waals surface area (Å²) in [6.07, 6.45) is -2.47. The van der Waals surface area contributed by atoms with E-state index in [4.69, 9.17) is 4.74 Å². The molecule has 0 spiro atoms. The van der Waals surface area contributed by atoms with Gasteiger partial charge in [0, 0.05) is 0 Å². The van der Waals surface area contributed by atoms with Crippen LogP contribution in [0.4, 0.5) is 4.79 Å². The fourth-order valence-electron chi connectivity index (χ4n) is 1.25. The van der Waals surface area contributed by atoms with Crippen LogP contribution in [0.15, 0.2) is 0 Å². The SMILES string of the molecule is CC(C)(C)C(=O)OCCOC(=O)O[C@@H]1CC(=O)NC1=O. The summed E-state index contributed by atoms with van der Waals surface area (Å²) in [4.78, 5) is 44.6. The molecule has 0 unspecified atom stereocenters. The fraction of sp³-hybridized carbons (Fsp3) is 0.667. The van der Waals surface area contributed by atoms with Crippen molar-refractivity contribution < 1.29 is 33.4 Å². The van der Waals surface area contributed by atoms with Gasteiger partial charge in [-0.25, -0.2) is 4.79 Å². The molecule has 1 heterocycles. The minimum atomic E-state index is -1.16. The third kappa shape index (κ3) is 4.87. The van der Waals surface area contributed by atoms with Crippen molar-refractivity contribution in [2.75, 3.05) is 13.2 Å². The first-order valence-electron chi connectivity index (χ1n) is 6.04. The van der Waals surface area contributed by atoms with Gasteiger partial charge in [-0.05, 0) is 20.8 Å². The molecule has 1 saturated heterocycles. The monoisotopic (exact) mass is 287 g/mol. The van der Waals surface area contributed by atoms with Gasteiger partial charge in [0.25, 0.3) is 5.91 Å². The number of carbonyl (C=O) groups excluding carboxylic acids is 4. The van der Waals surface area contributed by atoms with Crippen molar-refractivity contribution in [3.8, 4) is 0 Å². The van der Waals surface area contributed by atoms with E-state index in [-0.39, 0.29) is 19.6 Å². The molecule has 0 aromatic heterocycles. The standard InChI is InChI=1S/C12H17NO7/c1-12(2,3)10(16)18-4-5-19-11(17)20-7-6-8(14)13-9(7)15/h7H,4-6H2,1-3H3,(H,13,14,15)/t7-/m1/s1. The molecule has 1 fully saturated rings. The summed E-state index contributed by atoms with van der Waals surface area (Å²) < 4.78 is 14.1. The minimum absolute atomic E-state index is 0.110. The number of amides is 2. The number of ether oxygens (including phenoxy) is 3. The van der Waals surface area contributed by atoms with Gasteiger partial charge < -0.3 is 14.2 Å². The normalized spacial score (nSPS) is 18.4. The van der Waals surface area contributed by atoms with E-state index in [9.17, 15) is 19.2 Å². The predicted molar refractivity (Wildman–Crippen MR) is 64.4 cm³/mol. The summed E-state index contributed by atoms with van der Waals surface area (Å²) in [6, 6.07) is 0. The van der Waals surface area contributed by atoms with Gasteiger partial charge in [0.15, 0.2) is 6.10 Å². The lowest BCUT2D eigenvalue weighted by molar-refractivity contribution is -0.154. The van der Waals surface area contributed by atoms with Crippen LogP contribution < -0.4 is 5.32 Å². The quantitative estimate of drug-likeness (QED) is 0.445. The zero-order valence-corrected chi connectivity index (χ0v) is 11.6. The van der Waals surface area contributed by atoms with E-state index in [1.54, 1.807) is 20.8 Å². The Kier molecular flexibility index (Phi) is 5.06. The zero-order valence-electron chi connectivity index (χ0n) is 11.6. The summed E-state index contributed by atoms with van der Waals surface area (Å²) >= 11 is 0. The second kappa shape index (κ2) is 6.36. The summed E-state index contributed by atoms with van der Waals surface area (Å²) in [5.74, 6) is -1.60. The van der Waals surface area contributed by atoms with E-state index in [1.165, 1.54) is 0 Å². The lowest BCUT2D eigenvalue weighted by Crippen LogP contribution is -2.29. The maximum absolute atomic E-state index is 11.4. The van der Waals surface area contributed by atoms with Gasteiger partial charge in [-0.1, -0.05) is 0 Å². The maximum Gasteiger partial charge on any atom is 0.509 e. The zero-order chi connectivity index (χ0) is 15.3. The van der Waals surface area contributed by atoms with Crippen LogP contribution in [0.1, 0.15) is 27.2 Å². The van der Waals surface area contributed by atoms with Gasteiger partial charge in [0.2, 0.25) is 5.91 Å². The number of hydrogen-bond acceptors (Lipinski definition) is 7. The average Bonchev–Trinajstić information content (AvgIpc) is 2.61. The molecule has 0 bridgehead atoms. The minimum Gasteiger partial charge on any atom is -0.462 e. The van der Waals surface area contributed by atoms with E-state index in [2.05, 4.69) is 9.47 Å². The van der Waals surface area contributed by atoms with Crippen molar-refractivity contribution >= 4 is 23.9 Å². The highest BCUT2D eigenvalue weighted by molar-refractivity contribution is 6.05. The van der Waals surface area contributed by atoms with Crippen molar-refractivity contribution in [1.82, 2.24) is 5.32 Å². The lowest BCUT2D eigenvalue weighted by atomic mass is 9.97. The Hall–Kier alpha value is -2.12. The number of hydrogen-bond donors (Lipinski definition) is 1. The molecule has 1 N–H and O–H groups in total. The van der Waals surface area contributed by atoms with Crippen LogP contribution in [0, 0.1) is 5.41 Å². The van der Waals surface area contributed by atoms with Crippen molar-refractivity contribution in [3.63, 3.8) is 0 Å². The second-order valence-electron chi connectivity index (χ2n) is 5.21. The van der Waals surface area contributed by atoms with Crippen molar-refractivity contribution in [1.29, 1.82) is 0 Å². The van der Waals surface area contributed by atoms with Crippen LogP contribution in [-0.2, 0) is 28.6 Å². The Morgan fingerprint density at radius 2 is 1.80 bits per heavy atom. The summed E-state index contributed by atoms with van der Waals surface area (Å²) in [5, 5.41) is 1.99. The smallest absolute Gasteiger partial charge is 0.462 e. The first kappa shape index (κ1) is 15.9. The molecule has 8 nitrogen and oxygen atoms in total. The Labute approximate surface area is 115 Å². The maximum atomic E-state index is 11.4. The van der Waals surface area contributed by atoms with Gasteiger partial charge >= 0.3 is 12.1 Å². The Balaban J connectivity index is 2.20. The van der Waals surface area contributed by atoms with E-state index in [0.717, 1.165) is 0 Å². The molecule has 1 aliphatic rings. The van der Waals surface area contributed by atoms with Crippen LogP contribution in [0.5, 0.6) is 0 Å². The number of imide groups is 1. The highest BCUT2D eigenvalue weighted by Gasteiger charge is 2.34. The van der Waals surface area contributed by atoms with Crippen LogP contribution in [0.3, 0.4) is 0 Å². The van der Waals surface area contributed by atoms with Crippen LogP contribution >= 0.6 is 0 Å². The lowest BCUT2D eigenvalue weighted by Gasteiger charge is -2.16. The molecule has 0 aromatic carbocycles. The molecule has 1 rings (SSSR count). The van der Waals surface area contributed by atoms with Crippen LogP contribution in [0.2, 0.25) is 0 Å². The third-order valence-corrected chi connectivity index (χ3v) is 2.31. The molecular weight excluding hydrogens is 270 g/mol. The van der Waals surface area contributed by atoms with Crippen molar-refractivity contribution in [2.45, 2.75) is 33.3 Å². The molecule has 20 heavy (non-hydrogen) atoms. The van der Waals surface area contributed by atoms with Crippen molar-refractivity contribution in [2.24, 2.45) is 5.41 Å². The molecule has 0 aliphatic carbocycles. The van der Waals surface area contributed by atoms with Crippen LogP contribution in [-0.4, -0.2) is 43.3 Å². The number of carbonyl (C=O) groups is 4. The van der Waals surface area contributed by atoms with Crippen LogP contribution in [0.25, 0.3) is 0 Å².